The molecule has 0 fully saturated rings. The molecular formula is C25H24N2O7. The van der Waals surface area contributed by atoms with Gasteiger partial charge in [0.2, 0.25) is 0 Å². The number of nitrogens with one attached hydrogen (secondary N) is 1. The van der Waals surface area contributed by atoms with Crippen molar-refractivity contribution in [2.45, 2.75) is 19.8 Å². The van der Waals surface area contributed by atoms with Crippen LogP contribution < -0.4 is 20.9 Å². The van der Waals surface area contributed by atoms with Crippen molar-refractivity contribution < 1.29 is 24.2 Å². The van der Waals surface area contributed by atoms with Gasteiger partial charge in [0.15, 0.2) is 0 Å². The third-order valence-electron chi connectivity index (χ3n) is 5.13. The van der Waals surface area contributed by atoms with Gasteiger partial charge < -0.3 is 24.2 Å². The van der Waals surface area contributed by atoms with Crippen LogP contribution in [0.1, 0.15) is 16.7 Å². The van der Waals surface area contributed by atoms with Crippen molar-refractivity contribution >= 4 is 0 Å². The maximum Gasteiger partial charge on any atom is 0.440 e. The van der Waals surface area contributed by atoms with Crippen LogP contribution in [-0.2, 0) is 19.8 Å². The first-order chi connectivity index (χ1) is 16.6. The normalized spacial score (nSPS) is 10.9. The first-order valence-electron chi connectivity index (χ1n) is 10.6. The molecule has 0 aliphatic carbocycles. The zero-order valence-electron chi connectivity index (χ0n) is 18.3. The Balaban J connectivity index is 1.42. The van der Waals surface area contributed by atoms with Gasteiger partial charge in [-0.25, -0.2) is 14.6 Å². The second-order valence-corrected chi connectivity index (χ2v) is 7.53. The quantitative estimate of drug-likeness (QED) is 0.329. The van der Waals surface area contributed by atoms with Crippen LogP contribution in [0.3, 0.4) is 0 Å². The van der Waals surface area contributed by atoms with Gasteiger partial charge in [0.1, 0.15) is 24.7 Å². The van der Waals surface area contributed by atoms with Crippen molar-refractivity contribution in [2.24, 2.45) is 0 Å². The molecule has 34 heavy (non-hydrogen) atoms. The standard InChI is InChI=1S/C25H24N2O7/c28-10-11-32-22-8-9-23(20(13-22)15-29)19-3-1-2-18(12-19)16-33-21-6-4-17(5-7-21)14-27-24(30)26-25(31)34-27/h1-9,12-13,28-29H,10-11,14-16H2,(H,26,30,31). The van der Waals surface area contributed by atoms with Gasteiger partial charge in [-0.15, -0.1) is 4.74 Å². The Hall–Kier alpha value is -4.08. The molecule has 9 heteroatoms. The van der Waals surface area contributed by atoms with Gasteiger partial charge in [-0.1, -0.05) is 36.4 Å². The zero-order chi connectivity index (χ0) is 23.9. The molecule has 1 aromatic heterocycles. The van der Waals surface area contributed by atoms with Crippen molar-refractivity contribution in [3.63, 3.8) is 0 Å². The first kappa shape index (κ1) is 23.1. The summed E-state index contributed by atoms with van der Waals surface area (Å²) >= 11 is 0. The Morgan fingerprint density at radius 3 is 2.38 bits per heavy atom. The Morgan fingerprint density at radius 1 is 0.882 bits per heavy atom. The number of aliphatic hydroxyl groups is 2. The molecule has 0 radical (unpaired) electrons. The van der Waals surface area contributed by atoms with Crippen LogP contribution in [0.15, 0.2) is 80.8 Å². The molecule has 0 bridgehead atoms. The number of nitrogens with zero attached hydrogens (tertiary/aromatic N) is 1. The molecular weight excluding hydrogens is 440 g/mol. The van der Waals surface area contributed by atoms with Gasteiger partial charge in [0.25, 0.3) is 0 Å². The van der Waals surface area contributed by atoms with E-state index in [9.17, 15) is 14.7 Å². The van der Waals surface area contributed by atoms with Gasteiger partial charge in [-0.05, 0) is 58.1 Å². The first-order valence-corrected chi connectivity index (χ1v) is 10.6. The lowest BCUT2D eigenvalue weighted by Crippen LogP contribution is -2.17. The lowest BCUT2D eigenvalue weighted by atomic mass is 9.98. The Labute approximate surface area is 194 Å². The van der Waals surface area contributed by atoms with Gasteiger partial charge in [-0.3, -0.25) is 0 Å². The highest BCUT2D eigenvalue weighted by Gasteiger charge is 2.09. The van der Waals surface area contributed by atoms with Crippen LogP contribution in [-0.4, -0.2) is 33.2 Å². The van der Waals surface area contributed by atoms with Crippen LogP contribution in [0.4, 0.5) is 0 Å². The highest BCUT2D eigenvalue weighted by Crippen LogP contribution is 2.28. The third kappa shape index (κ3) is 5.64. The van der Waals surface area contributed by atoms with E-state index in [0.717, 1.165) is 32.6 Å². The smallest absolute Gasteiger partial charge is 0.440 e. The number of ether oxygens (including phenoxy) is 2. The van der Waals surface area contributed by atoms with Crippen LogP contribution in [0.25, 0.3) is 11.1 Å². The number of hydrogen-bond donors (Lipinski definition) is 3. The monoisotopic (exact) mass is 464 g/mol. The lowest BCUT2D eigenvalue weighted by Gasteiger charge is -2.13. The van der Waals surface area contributed by atoms with Crippen molar-refractivity contribution in [1.82, 2.24) is 9.72 Å². The Kier molecular flexibility index (Phi) is 7.26. The van der Waals surface area contributed by atoms with E-state index < -0.39 is 11.4 Å². The van der Waals surface area contributed by atoms with E-state index in [1.165, 1.54) is 0 Å². The number of rotatable bonds is 10. The Morgan fingerprint density at radius 2 is 1.68 bits per heavy atom. The molecule has 0 atom stereocenters. The third-order valence-corrected chi connectivity index (χ3v) is 5.13. The second-order valence-electron chi connectivity index (χ2n) is 7.53. The average Bonchev–Trinajstić information content (AvgIpc) is 3.18. The van der Waals surface area contributed by atoms with E-state index >= 15 is 0 Å². The minimum Gasteiger partial charge on any atom is -0.491 e. The number of hydrogen-bond acceptors (Lipinski definition) is 7. The zero-order valence-corrected chi connectivity index (χ0v) is 18.3. The van der Waals surface area contributed by atoms with Crippen molar-refractivity contribution in [3.8, 4) is 22.6 Å². The largest absolute Gasteiger partial charge is 0.491 e. The molecule has 3 aromatic carbocycles. The van der Waals surface area contributed by atoms with Gasteiger partial charge in [0.05, 0.1) is 19.8 Å². The van der Waals surface area contributed by atoms with Gasteiger partial charge >= 0.3 is 11.4 Å². The molecule has 0 amide bonds. The molecule has 0 saturated heterocycles. The van der Waals surface area contributed by atoms with E-state index in [1.807, 2.05) is 41.4 Å². The highest BCUT2D eigenvalue weighted by molar-refractivity contribution is 5.69. The van der Waals surface area contributed by atoms with E-state index in [0.29, 0.717) is 18.1 Å². The SMILES string of the molecule is O=c1[nH]c(=O)n(Cc2ccc(OCc3cccc(-c4ccc(OCCO)cc4CO)c3)cc2)o1. The summed E-state index contributed by atoms with van der Waals surface area (Å²) in [5, 5.41) is 18.7. The van der Waals surface area contributed by atoms with Crippen LogP contribution in [0.2, 0.25) is 0 Å². The molecule has 1 heterocycles. The molecule has 176 valence electrons. The topological polar surface area (TPSA) is 127 Å². The van der Waals surface area contributed by atoms with Crippen LogP contribution in [0, 0.1) is 0 Å². The highest BCUT2D eigenvalue weighted by atomic mass is 16.5. The predicted molar refractivity (Wildman–Crippen MR) is 124 cm³/mol. The minimum absolute atomic E-state index is 0.0774. The second kappa shape index (κ2) is 10.7. The van der Waals surface area contributed by atoms with E-state index in [1.54, 1.807) is 30.3 Å². The fourth-order valence-electron chi connectivity index (χ4n) is 3.51. The number of H-pyrrole nitrogens is 1. The molecule has 0 spiro atoms. The maximum atomic E-state index is 11.6. The van der Waals surface area contributed by atoms with Gasteiger partial charge in [0, 0.05) is 0 Å². The van der Waals surface area contributed by atoms with Crippen molar-refractivity contribution in [1.29, 1.82) is 0 Å². The average molecular weight is 464 g/mol. The predicted octanol–water partition coefficient (Wildman–Crippen LogP) is 2.29. The molecule has 0 aliphatic rings. The van der Waals surface area contributed by atoms with Crippen molar-refractivity contribution in [3.05, 3.63) is 104 Å². The molecule has 4 aromatic rings. The number of benzene rings is 3. The van der Waals surface area contributed by atoms with E-state index in [2.05, 4.69) is 0 Å². The molecule has 0 unspecified atom stereocenters. The Bertz CT molecular complexity index is 1350. The van der Waals surface area contributed by atoms with E-state index in [4.69, 9.17) is 19.1 Å². The number of aromatic nitrogens is 2. The molecule has 3 N–H and O–H groups in total. The number of aliphatic hydroxyl groups excluding tert-OH is 2. The fraction of sp³-hybridized carbons (Fsp3) is 0.200. The molecule has 9 nitrogen and oxygen atoms in total. The summed E-state index contributed by atoms with van der Waals surface area (Å²) in [5.74, 6) is 0.455. The minimum atomic E-state index is -0.788. The van der Waals surface area contributed by atoms with Crippen LogP contribution >= 0.6 is 0 Å². The summed E-state index contributed by atoms with van der Waals surface area (Å²) in [4.78, 5) is 24.7. The summed E-state index contributed by atoms with van der Waals surface area (Å²) in [6.07, 6.45) is 0. The fourth-order valence-corrected chi connectivity index (χ4v) is 3.51. The van der Waals surface area contributed by atoms with Gasteiger partial charge in [-0.2, -0.15) is 0 Å². The molecule has 0 aliphatic heterocycles. The molecule has 4 rings (SSSR count). The maximum absolute atomic E-state index is 11.6. The summed E-state index contributed by atoms with van der Waals surface area (Å²) in [6.45, 7) is 0.449. The van der Waals surface area contributed by atoms with Crippen molar-refractivity contribution in [2.75, 3.05) is 13.2 Å². The molecule has 0 saturated carbocycles. The summed E-state index contributed by atoms with van der Waals surface area (Å²) in [5.41, 5.74) is 3.68. The van der Waals surface area contributed by atoms with E-state index in [-0.39, 0.29) is 26.4 Å². The summed E-state index contributed by atoms with van der Waals surface area (Å²) < 4.78 is 17.0. The summed E-state index contributed by atoms with van der Waals surface area (Å²) in [7, 11) is 0. The van der Waals surface area contributed by atoms with Crippen LogP contribution in [0.5, 0.6) is 11.5 Å². The summed E-state index contributed by atoms with van der Waals surface area (Å²) in [6, 6.07) is 20.4. The number of aromatic amines is 1. The lowest BCUT2D eigenvalue weighted by molar-refractivity contribution is 0.201.